The van der Waals surface area contributed by atoms with Crippen molar-refractivity contribution in [3.63, 3.8) is 0 Å². The van der Waals surface area contributed by atoms with Gasteiger partial charge in [0, 0.05) is 35.8 Å². The third-order valence-electron chi connectivity index (χ3n) is 6.21. The number of hydrogen-bond acceptors (Lipinski definition) is 8. The van der Waals surface area contributed by atoms with Crippen molar-refractivity contribution >= 4 is 35.1 Å². The van der Waals surface area contributed by atoms with Crippen molar-refractivity contribution in [2.45, 2.75) is 38.3 Å². The summed E-state index contributed by atoms with van der Waals surface area (Å²) in [6.07, 6.45) is 3.70. The Morgan fingerprint density at radius 2 is 2.08 bits per heavy atom. The number of anilines is 3. The number of benzene rings is 2. The Labute approximate surface area is 212 Å². The standard InChI is InChI=1S/C25H26ClF2N7O/c1-14-31-13-35(34-14)21-8-4-16(29)12-22(21)36-10-2-9-30-24-19-7-6-18(23(19)32-25(26)33-24)17-5-3-15(27)11-20(17)28/h3-5,8,11-14,18,34H,2,6-7,9-10,29H2,1H3,(H,30,32,33). The van der Waals surface area contributed by atoms with Crippen molar-refractivity contribution in [3.05, 3.63) is 70.1 Å². The fraction of sp³-hybridized carbons (Fsp3) is 0.320. The highest BCUT2D eigenvalue weighted by molar-refractivity contribution is 6.28. The van der Waals surface area contributed by atoms with Gasteiger partial charge in [-0.2, -0.15) is 0 Å². The highest BCUT2D eigenvalue weighted by Crippen LogP contribution is 2.41. The van der Waals surface area contributed by atoms with Gasteiger partial charge in [-0.05, 0) is 61.5 Å². The molecule has 5 rings (SSSR count). The van der Waals surface area contributed by atoms with Gasteiger partial charge >= 0.3 is 0 Å². The number of fused-ring (bicyclic) bond motifs is 1. The van der Waals surface area contributed by atoms with Crippen LogP contribution in [-0.4, -0.2) is 35.6 Å². The number of nitrogens with zero attached hydrogens (tertiary/aromatic N) is 4. The van der Waals surface area contributed by atoms with Gasteiger partial charge in [-0.25, -0.2) is 24.2 Å². The molecular weight excluding hydrogens is 488 g/mol. The van der Waals surface area contributed by atoms with Crippen LogP contribution in [0.2, 0.25) is 5.28 Å². The molecule has 0 fully saturated rings. The third-order valence-corrected chi connectivity index (χ3v) is 6.38. The zero-order chi connectivity index (χ0) is 25.2. The molecule has 2 unspecified atom stereocenters. The first-order chi connectivity index (χ1) is 17.4. The van der Waals surface area contributed by atoms with Gasteiger partial charge in [-0.3, -0.25) is 10.0 Å². The number of rotatable bonds is 8. The van der Waals surface area contributed by atoms with Gasteiger partial charge in [0.2, 0.25) is 5.28 Å². The lowest BCUT2D eigenvalue weighted by molar-refractivity contribution is 0.315. The molecule has 2 heterocycles. The van der Waals surface area contributed by atoms with E-state index in [9.17, 15) is 8.78 Å². The van der Waals surface area contributed by atoms with Crippen LogP contribution in [0.15, 0.2) is 41.4 Å². The van der Waals surface area contributed by atoms with Crippen LogP contribution in [0.5, 0.6) is 5.75 Å². The number of halogens is 3. The molecule has 1 aliphatic carbocycles. The minimum atomic E-state index is -0.607. The van der Waals surface area contributed by atoms with Crippen LogP contribution < -0.4 is 26.2 Å². The Kier molecular flexibility index (Phi) is 6.88. The molecule has 0 saturated heterocycles. The second-order valence-corrected chi connectivity index (χ2v) is 9.10. The van der Waals surface area contributed by atoms with Crippen molar-refractivity contribution < 1.29 is 13.5 Å². The van der Waals surface area contributed by atoms with Crippen LogP contribution >= 0.6 is 11.6 Å². The maximum Gasteiger partial charge on any atom is 0.224 e. The smallest absolute Gasteiger partial charge is 0.224 e. The van der Waals surface area contributed by atoms with Crippen molar-refractivity contribution in [1.82, 2.24) is 15.4 Å². The Morgan fingerprint density at radius 3 is 2.86 bits per heavy atom. The molecule has 2 aromatic carbocycles. The van der Waals surface area contributed by atoms with E-state index in [1.807, 2.05) is 24.1 Å². The number of nitrogens with two attached hydrogens (primary N) is 1. The Balaban J connectivity index is 1.22. The van der Waals surface area contributed by atoms with E-state index < -0.39 is 11.6 Å². The maximum atomic E-state index is 14.4. The third kappa shape index (κ3) is 5.05. The zero-order valence-electron chi connectivity index (χ0n) is 19.6. The first kappa shape index (κ1) is 24.2. The molecule has 8 nitrogen and oxygen atoms in total. The quantitative estimate of drug-likeness (QED) is 0.229. The van der Waals surface area contributed by atoms with E-state index in [-0.39, 0.29) is 17.4 Å². The Bertz CT molecular complexity index is 1310. The molecule has 2 atom stereocenters. The fourth-order valence-electron chi connectivity index (χ4n) is 4.54. The van der Waals surface area contributed by atoms with Crippen LogP contribution in [-0.2, 0) is 6.42 Å². The lowest BCUT2D eigenvalue weighted by Gasteiger charge is -2.20. The summed E-state index contributed by atoms with van der Waals surface area (Å²) in [6.45, 7) is 2.97. The van der Waals surface area contributed by atoms with E-state index in [1.165, 1.54) is 12.1 Å². The first-order valence-corrected chi connectivity index (χ1v) is 12.1. The summed E-state index contributed by atoms with van der Waals surface area (Å²) >= 11 is 6.20. The van der Waals surface area contributed by atoms with Gasteiger partial charge in [-0.15, -0.1) is 0 Å². The monoisotopic (exact) mass is 513 g/mol. The molecule has 0 saturated carbocycles. The normalized spacial score (nSPS) is 18.5. The molecule has 0 bridgehead atoms. The SMILES string of the molecule is CC1N=CN(c2ccc(N)cc2OCCCNc2nc(Cl)nc3c2CCC3c2ccc(F)cc2F)N1. The van der Waals surface area contributed by atoms with Crippen molar-refractivity contribution in [2.24, 2.45) is 4.99 Å². The van der Waals surface area contributed by atoms with Crippen molar-refractivity contribution in [3.8, 4) is 5.75 Å². The molecule has 0 spiro atoms. The van der Waals surface area contributed by atoms with Gasteiger partial charge in [0.05, 0.1) is 12.3 Å². The molecule has 0 amide bonds. The molecule has 188 valence electrons. The average Bonchev–Trinajstić information content (AvgIpc) is 3.45. The van der Waals surface area contributed by atoms with Crippen molar-refractivity contribution in [2.75, 3.05) is 29.2 Å². The Hall–Kier alpha value is -3.50. The van der Waals surface area contributed by atoms with Gasteiger partial charge in [0.1, 0.15) is 41.4 Å². The van der Waals surface area contributed by atoms with E-state index in [4.69, 9.17) is 22.1 Å². The van der Waals surface area contributed by atoms with E-state index in [1.54, 1.807) is 12.4 Å². The molecule has 0 radical (unpaired) electrons. The van der Waals surface area contributed by atoms with Crippen LogP contribution in [0, 0.1) is 11.6 Å². The molecule has 36 heavy (non-hydrogen) atoms. The molecule has 11 heteroatoms. The lowest BCUT2D eigenvalue weighted by atomic mass is 9.96. The highest BCUT2D eigenvalue weighted by atomic mass is 35.5. The fourth-order valence-corrected chi connectivity index (χ4v) is 4.71. The first-order valence-electron chi connectivity index (χ1n) is 11.7. The van der Waals surface area contributed by atoms with E-state index in [0.717, 1.165) is 17.3 Å². The topological polar surface area (TPSA) is 101 Å². The number of nitrogen functional groups attached to an aromatic ring is 1. The number of hydrogen-bond donors (Lipinski definition) is 3. The van der Waals surface area contributed by atoms with E-state index >= 15 is 0 Å². The number of aliphatic imine (C=N–C) groups is 1. The largest absolute Gasteiger partial charge is 0.491 e. The Morgan fingerprint density at radius 1 is 1.22 bits per heavy atom. The summed E-state index contributed by atoms with van der Waals surface area (Å²) in [5.74, 6) is -0.203. The molecule has 4 N–H and O–H groups in total. The van der Waals surface area contributed by atoms with Crippen LogP contribution in [0.25, 0.3) is 0 Å². The second kappa shape index (κ2) is 10.2. The average molecular weight is 514 g/mol. The highest BCUT2D eigenvalue weighted by Gasteiger charge is 2.31. The van der Waals surface area contributed by atoms with Gasteiger partial charge in [-0.1, -0.05) is 6.07 Å². The van der Waals surface area contributed by atoms with Crippen LogP contribution in [0.3, 0.4) is 0 Å². The summed E-state index contributed by atoms with van der Waals surface area (Å²) in [5, 5.41) is 5.21. The molecule has 1 aliphatic heterocycles. The number of hydrazine groups is 1. The molecule has 2 aliphatic rings. The number of aromatic nitrogens is 2. The minimum absolute atomic E-state index is 0.0137. The number of nitrogens with one attached hydrogen (secondary N) is 2. The lowest BCUT2D eigenvalue weighted by Crippen LogP contribution is -2.35. The van der Waals surface area contributed by atoms with Crippen LogP contribution in [0.4, 0.5) is 26.0 Å². The van der Waals surface area contributed by atoms with Gasteiger partial charge in [0.15, 0.2) is 0 Å². The maximum absolute atomic E-state index is 14.4. The summed E-state index contributed by atoms with van der Waals surface area (Å²) in [6, 6.07) is 9.11. The summed E-state index contributed by atoms with van der Waals surface area (Å²) < 4.78 is 33.8. The van der Waals surface area contributed by atoms with E-state index in [2.05, 4.69) is 25.7 Å². The van der Waals surface area contributed by atoms with Crippen molar-refractivity contribution in [1.29, 1.82) is 0 Å². The summed E-state index contributed by atoms with van der Waals surface area (Å²) in [7, 11) is 0. The summed E-state index contributed by atoms with van der Waals surface area (Å²) in [4.78, 5) is 13.0. The zero-order valence-corrected chi connectivity index (χ0v) is 20.4. The second-order valence-electron chi connectivity index (χ2n) is 8.76. The molecule has 3 aromatic rings. The van der Waals surface area contributed by atoms with E-state index in [0.29, 0.717) is 60.9 Å². The van der Waals surface area contributed by atoms with Gasteiger partial charge < -0.3 is 15.8 Å². The minimum Gasteiger partial charge on any atom is -0.491 e. The summed E-state index contributed by atoms with van der Waals surface area (Å²) in [5.41, 5.74) is 12.6. The predicted octanol–water partition coefficient (Wildman–Crippen LogP) is 4.65. The molecular formula is C25H26ClF2N7O. The number of ether oxygens (including phenoxy) is 1. The molecule has 1 aromatic heterocycles. The van der Waals surface area contributed by atoms with Gasteiger partial charge in [0.25, 0.3) is 0 Å². The van der Waals surface area contributed by atoms with Crippen LogP contribution in [0.1, 0.15) is 42.5 Å². The predicted molar refractivity (Wildman–Crippen MR) is 137 cm³/mol.